The van der Waals surface area contributed by atoms with Gasteiger partial charge in [-0.2, -0.15) is 0 Å². The Hall–Kier alpha value is -1.40. The molecule has 1 aromatic heterocycles. The third-order valence-corrected chi connectivity index (χ3v) is 2.84. The molecule has 1 aliphatic heterocycles. The minimum Gasteiger partial charge on any atom is -0.376 e. The zero-order valence-electron chi connectivity index (χ0n) is 11.6. The first-order valence-electron chi connectivity index (χ1n) is 6.86. The van der Waals surface area contributed by atoms with Gasteiger partial charge in [-0.25, -0.2) is 9.97 Å². The lowest BCUT2D eigenvalue weighted by Gasteiger charge is -2.23. The van der Waals surface area contributed by atoms with E-state index in [4.69, 9.17) is 9.47 Å². The Labute approximate surface area is 113 Å². The van der Waals surface area contributed by atoms with Crippen molar-refractivity contribution in [2.45, 2.75) is 26.4 Å². The summed E-state index contributed by atoms with van der Waals surface area (Å²) in [5.41, 5.74) is 0. The van der Waals surface area contributed by atoms with E-state index >= 15 is 0 Å². The molecule has 6 heteroatoms. The molecular weight excluding hydrogens is 244 g/mol. The highest BCUT2D eigenvalue weighted by atomic mass is 16.6. The monoisotopic (exact) mass is 266 g/mol. The van der Waals surface area contributed by atoms with E-state index in [1.54, 1.807) is 0 Å². The second kappa shape index (κ2) is 7.25. The summed E-state index contributed by atoms with van der Waals surface area (Å²) in [6.07, 6.45) is 0.910. The SMILES string of the molecule is CCNc1cc(NCC2COCCO2)nc(CC)n1. The summed E-state index contributed by atoms with van der Waals surface area (Å²) >= 11 is 0. The molecule has 1 unspecified atom stereocenters. The normalized spacial score (nSPS) is 19.2. The van der Waals surface area contributed by atoms with Crippen LogP contribution in [-0.2, 0) is 15.9 Å². The molecule has 0 bridgehead atoms. The molecule has 2 N–H and O–H groups in total. The molecule has 0 spiro atoms. The average Bonchev–Trinajstić information content (AvgIpc) is 2.46. The number of ether oxygens (including phenoxy) is 2. The molecule has 2 rings (SSSR count). The van der Waals surface area contributed by atoms with Gasteiger partial charge in [0.2, 0.25) is 0 Å². The van der Waals surface area contributed by atoms with E-state index in [1.165, 1.54) is 0 Å². The number of aryl methyl sites for hydroxylation is 1. The Morgan fingerprint density at radius 2 is 2.00 bits per heavy atom. The van der Waals surface area contributed by atoms with Crippen LogP contribution in [0.25, 0.3) is 0 Å². The molecule has 19 heavy (non-hydrogen) atoms. The first-order valence-corrected chi connectivity index (χ1v) is 6.86. The van der Waals surface area contributed by atoms with Crippen LogP contribution < -0.4 is 10.6 Å². The van der Waals surface area contributed by atoms with E-state index in [-0.39, 0.29) is 6.10 Å². The van der Waals surface area contributed by atoms with Crippen LogP contribution >= 0.6 is 0 Å². The number of nitrogens with zero attached hydrogens (tertiary/aromatic N) is 2. The minimum absolute atomic E-state index is 0.0939. The quantitative estimate of drug-likeness (QED) is 0.809. The summed E-state index contributed by atoms with van der Waals surface area (Å²) in [5.74, 6) is 2.52. The van der Waals surface area contributed by atoms with Crippen LogP contribution in [0.5, 0.6) is 0 Å². The standard InChI is InChI=1S/C13H22N4O2/c1-3-11-16-12(14-4-2)7-13(17-11)15-8-10-9-18-5-6-19-10/h7,10H,3-6,8-9H2,1-2H3,(H2,14,15,16,17). The maximum absolute atomic E-state index is 5.59. The summed E-state index contributed by atoms with van der Waals surface area (Å²) in [4.78, 5) is 8.88. The van der Waals surface area contributed by atoms with E-state index in [9.17, 15) is 0 Å². The highest BCUT2D eigenvalue weighted by Crippen LogP contribution is 2.12. The fourth-order valence-corrected chi connectivity index (χ4v) is 1.89. The fraction of sp³-hybridized carbons (Fsp3) is 0.692. The highest BCUT2D eigenvalue weighted by Gasteiger charge is 2.14. The van der Waals surface area contributed by atoms with E-state index in [2.05, 4.69) is 20.6 Å². The van der Waals surface area contributed by atoms with Crippen LogP contribution in [-0.4, -0.2) is 49.0 Å². The van der Waals surface area contributed by atoms with Gasteiger partial charge < -0.3 is 20.1 Å². The Morgan fingerprint density at radius 1 is 1.21 bits per heavy atom. The molecule has 1 saturated heterocycles. The molecular formula is C13H22N4O2. The first kappa shape index (κ1) is 14.0. The topological polar surface area (TPSA) is 68.3 Å². The molecule has 1 aromatic rings. The molecule has 1 atom stereocenters. The Kier molecular flexibility index (Phi) is 5.35. The van der Waals surface area contributed by atoms with Crippen molar-refractivity contribution in [3.8, 4) is 0 Å². The molecule has 0 aliphatic carbocycles. The summed E-state index contributed by atoms with van der Waals surface area (Å²) < 4.78 is 11.0. The van der Waals surface area contributed by atoms with Crippen molar-refractivity contribution in [3.05, 3.63) is 11.9 Å². The third kappa shape index (κ3) is 4.33. The number of hydrogen-bond acceptors (Lipinski definition) is 6. The van der Waals surface area contributed by atoms with Gasteiger partial charge in [0.05, 0.1) is 25.9 Å². The van der Waals surface area contributed by atoms with Gasteiger partial charge in [-0.3, -0.25) is 0 Å². The van der Waals surface area contributed by atoms with Gasteiger partial charge in [0.1, 0.15) is 17.5 Å². The van der Waals surface area contributed by atoms with Gasteiger partial charge in [-0.1, -0.05) is 6.92 Å². The molecule has 0 radical (unpaired) electrons. The van der Waals surface area contributed by atoms with Gasteiger partial charge in [0, 0.05) is 25.6 Å². The summed E-state index contributed by atoms with van der Waals surface area (Å²) in [5, 5.41) is 6.51. The summed E-state index contributed by atoms with van der Waals surface area (Å²) in [6.45, 7) is 7.64. The maximum Gasteiger partial charge on any atom is 0.132 e. The molecule has 0 aromatic carbocycles. The number of anilines is 2. The Balaban J connectivity index is 1.95. The van der Waals surface area contributed by atoms with Crippen LogP contribution in [0.4, 0.5) is 11.6 Å². The summed E-state index contributed by atoms with van der Waals surface area (Å²) in [7, 11) is 0. The lowest BCUT2D eigenvalue weighted by atomic mass is 10.3. The molecule has 106 valence electrons. The van der Waals surface area contributed by atoms with Crippen molar-refractivity contribution in [2.75, 3.05) is 43.5 Å². The zero-order chi connectivity index (χ0) is 13.5. The zero-order valence-corrected chi connectivity index (χ0v) is 11.6. The van der Waals surface area contributed by atoms with Crippen molar-refractivity contribution < 1.29 is 9.47 Å². The van der Waals surface area contributed by atoms with Gasteiger partial charge in [-0.15, -0.1) is 0 Å². The first-order chi connectivity index (χ1) is 9.31. The van der Waals surface area contributed by atoms with Crippen LogP contribution in [0.3, 0.4) is 0 Å². The van der Waals surface area contributed by atoms with Crippen molar-refractivity contribution in [1.29, 1.82) is 0 Å². The predicted octanol–water partition coefficient (Wildman–Crippen LogP) is 1.30. The van der Waals surface area contributed by atoms with Crippen molar-refractivity contribution in [2.24, 2.45) is 0 Å². The van der Waals surface area contributed by atoms with Gasteiger partial charge >= 0.3 is 0 Å². The number of aromatic nitrogens is 2. The average molecular weight is 266 g/mol. The smallest absolute Gasteiger partial charge is 0.132 e. The minimum atomic E-state index is 0.0939. The molecule has 1 aliphatic rings. The van der Waals surface area contributed by atoms with Crippen LogP contribution in [0, 0.1) is 0 Å². The van der Waals surface area contributed by atoms with Gasteiger partial charge in [0.15, 0.2) is 0 Å². The van der Waals surface area contributed by atoms with Gasteiger partial charge in [-0.05, 0) is 6.92 Å². The largest absolute Gasteiger partial charge is 0.376 e. The van der Waals surface area contributed by atoms with E-state index < -0.39 is 0 Å². The van der Waals surface area contributed by atoms with E-state index in [0.717, 1.165) is 30.4 Å². The van der Waals surface area contributed by atoms with Crippen LogP contribution in [0.2, 0.25) is 0 Å². The fourth-order valence-electron chi connectivity index (χ4n) is 1.89. The lowest BCUT2D eigenvalue weighted by Crippen LogP contribution is -2.34. The third-order valence-electron chi connectivity index (χ3n) is 2.84. The van der Waals surface area contributed by atoms with Crippen LogP contribution in [0.1, 0.15) is 19.7 Å². The molecule has 0 saturated carbocycles. The van der Waals surface area contributed by atoms with Crippen molar-refractivity contribution >= 4 is 11.6 Å². The lowest BCUT2D eigenvalue weighted by molar-refractivity contribution is -0.0819. The van der Waals surface area contributed by atoms with Crippen LogP contribution in [0.15, 0.2) is 6.07 Å². The number of rotatable bonds is 6. The number of nitrogens with one attached hydrogen (secondary N) is 2. The second-order valence-electron chi connectivity index (χ2n) is 4.39. The highest BCUT2D eigenvalue weighted by molar-refractivity contribution is 5.47. The molecule has 2 heterocycles. The van der Waals surface area contributed by atoms with Gasteiger partial charge in [0.25, 0.3) is 0 Å². The van der Waals surface area contributed by atoms with E-state index in [1.807, 2.05) is 19.9 Å². The molecule has 6 nitrogen and oxygen atoms in total. The second-order valence-corrected chi connectivity index (χ2v) is 4.39. The Morgan fingerprint density at radius 3 is 2.63 bits per heavy atom. The van der Waals surface area contributed by atoms with Crippen molar-refractivity contribution in [1.82, 2.24) is 9.97 Å². The van der Waals surface area contributed by atoms with E-state index in [0.29, 0.717) is 26.4 Å². The molecule has 0 amide bonds. The predicted molar refractivity (Wildman–Crippen MR) is 74.6 cm³/mol. The summed E-state index contributed by atoms with van der Waals surface area (Å²) in [6, 6.07) is 1.92. The number of hydrogen-bond donors (Lipinski definition) is 2. The molecule has 1 fully saturated rings. The Bertz CT molecular complexity index is 394. The maximum atomic E-state index is 5.59. The van der Waals surface area contributed by atoms with Crippen molar-refractivity contribution in [3.63, 3.8) is 0 Å².